The molecule has 0 radical (unpaired) electrons. The van der Waals surface area contributed by atoms with E-state index in [0.29, 0.717) is 11.4 Å². The van der Waals surface area contributed by atoms with Crippen LogP contribution in [0.2, 0.25) is 0 Å². The Balaban J connectivity index is 1.82. The largest absolute Gasteiger partial charge is 0.465 e. The molecule has 0 saturated carbocycles. The fourth-order valence-corrected chi connectivity index (χ4v) is 3.05. The van der Waals surface area contributed by atoms with Crippen molar-refractivity contribution in [1.82, 2.24) is 10.3 Å². The maximum Gasteiger partial charge on any atom is 0.405 e. The van der Waals surface area contributed by atoms with Gasteiger partial charge in [-0.25, -0.2) is 4.79 Å². The third-order valence-electron chi connectivity index (χ3n) is 4.35. The molecule has 7 heteroatoms. The van der Waals surface area contributed by atoms with Crippen molar-refractivity contribution in [3.63, 3.8) is 0 Å². The maximum atomic E-state index is 12.8. The van der Waals surface area contributed by atoms with Gasteiger partial charge in [0.15, 0.2) is 0 Å². The van der Waals surface area contributed by atoms with Crippen LogP contribution in [0.25, 0.3) is 11.1 Å². The van der Waals surface area contributed by atoms with Gasteiger partial charge >= 0.3 is 6.09 Å². The summed E-state index contributed by atoms with van der Waals surface area (Å²) in [6.07, 6.45) is 0.679. The number of hydrogen-bond donors (Lipinski definition) is 4. The first-order valence-electron chi connectivity index (χ1n) is 9.08. The van der Waals surface area contributed by atoms with Gasteiger partial charge in [0, 0.05) is 29.7 Å². The average Bonchev–Trinajstić information content (AvgIpc) is 2.67. The Morgan fingerprint density at radius 3 is 2.52 bits per heavy atom. The number of pyridine rings is 1. The summed E-state index contributed by atoms with van der Waals surface area (Å²) < 4.78 is 0. The van der Waals surface area contributed by atoms with Crippen molar-refractivity contribution in [2.24, 2.45) is 0 Å². The normalized spacial score (nSPS) is 11.5. The Morgan fingerprint density at radius 2 is 1.83 bits per heavy atom. The number of hydrogen-bond acceptors (Lipinski definition) is 4. The minimum absolute atomic E-state index is 0.234. The van der Waals surface area contributed by atoms with Crippen LogP contribution in [0.3, 0.4) is 0 Å². The van der Waals surface area contributed by atoms with E-state index < -0.39 is 18.0 Å². The first kappa shape index (κ1) is 19.9. The van der Waals surface area contributed by atoms with Crippen LogP contribution in [0.4, 0.5) is 16.2 Å². The number of carbonyl (C=O) groups excluding carboxylic acids is 1. The standard InChI is InChI=1S/C22H22N4O3/c1-14-9-16(7-8-24-14)17-11-18(23)13-19(12-17)25-21(27)20(26-22(28)29)10-15-5-3-2-4-6-15/h2-9,11-13,20,26H,10,23H2,1H3,(H,25,27)(H,28,29). The van der Waals surface area contributed by atoms with Gasteiger partial charge in [-0.15, -0.1) is 0 Å². The number of aryl methyl sites for hydroxylation is 1. The molecule has 0 aliphatic carbocycles. The zero-order valence-electron chi connectivity index (χ0n) is 15.9. The molecule has 0 bridgehead atoms. The predicted octanol–water partition coefficient (Wildman–Crippen LogP) is 3.46. The van der Waals surface area contributed by atoms with Gasteiger partial charge in [0.2, 0.25) is 5.91 Å². The summed E-state index contributed by atoms with van der Waals surface area (Å²) in [4.78, 5) is 28.1. The Kier molecular flexibility index (Phi) is 6.09. The Bertz CT molecular complexity index is 1020. The van der Waals surface area contributed by atoms with Crippen LogP contribution in [0.1, 0.15) is 11.3 Å². The summed E-state index contributed by atoms with van der Waals surface area (Å²) in [6, 6.07) is 17.3. The Hall–Kier alpha value is -3.87. The fraction of sp³-hybridized carbons (Fsp3) is 0.136. The number of anilines is 2. The summed E-state index contributed by atoms with van der Waals surface area (Å²) in [5.74, 6) is -0.460. The number of nitrogens with one attached hydrogen (secondary N) is 2. The monoisotopic (exact) mass is 390 g/mol. The molecule has 3 aromatic rings. The second-order valence-corrected chi connectivity index (χ2v) is 6.71. The van der Waals surface area contributed by atoms with Crippen molar-refractivity contribution in [3.8, 4) is 11.1 Å². The third-order valence-corrected chi connectivity index (χ3v) is 4.35. The Morgan fingerprint density at radius 1 is 1.07 bits per heavy atom. The van der Waals surface area contributed by atoms with E-state index in [1.807, 2.05) is 49.4 Å². The van der Waals surface area contributed by atoms with Crippen LogP contribution in [0, 0.1) is 6.92 Å². The van der Waals surface area contributed by atoms with E-state index in [0.717, 1.165) is 22.4 Å². The second kappa shape index (κ2) is 8.88. The molecule has 5 N–H and O–H groups in total. The molecule has 1 unspecified atom stereocenters. The summed E-state index contributed by atoms with van der Waals surface area (Å²) in [5.41, 5.74) is 10.5. The van der Waals surface area contributed by atoms with Crippen LogP contribution >= 0.6 is 0 Å². The van der Waals surface area contributed by atoms with Gasteiger partial charge in [-0.2, -0.15) is 0 Å². The summed E-state index contributed by atoms with van der Waals surface area (Å²) >= 11 is 0. The van der Waals surface area contributed by atoms with Crippen LogP contribution in [-0.4, -0.2) is 28.1 Å². The number of nitrogens with zero attached hydrogens (tertiary/aromatic N) is 1. The lowest BCUT2D eigenvalue weighted by Gasteiger charge is -2.18. The highest BCUT2D eigenvalue weighted by atomic mass is 16.4. The molecule has 1 heterocycles. The first-order chi connectivity index (χ1) is 13.9. The van der Waals surface area contributed by atoms with E-state index in [1.165, 1.54) is 0 Å². The lowest BCUT2D eigenvalue weighted by atomic mass is 10.0. The molecule has 1 aromatic heterocycles. The zero-order valence-corrected chi connectivity index (χ0v) is 15.9. The van der Waals surface area contributed by atoms with Crippen molar-refractivity contribution in [2.75, 3.05) is 11.1 Å². The highest BCUT2D eigenvalue weighted by Crippen LogP contribution is 2.26. The van der Waals surface area contributed by atoms with E-state index in [1.54, 1.807) is 24.4 Å². The molecule has 2 amide bonds. The van der Waals surface area contributed by atoms with E-state index in [9.17, 15) is 9.59 Å². The Labute approximate surface area is 168 Å². The molecule has 1 atom stereocenters. The van der Waals surface area contributed by atoms with Gasteiger partial charge in [0.05, 0.1) is 0 Å². The van der Waals surface area contributed by atoms with E-state index >= 15 is 0 Å². The van der Waals surface area contributed by atoms with E-state index in [4.69, 9.17) is 10.8 Å². The van der Waals surface area contributed by atoms with Crippen LogP contribution in [0.5, 0.6) is 0 Å². The number of amides is 2. The zero-order chi connectivity index (χ0) is 20.8. The fourth-order valence-electron chi connectivity index (χ4n) is 3.05. The second-order valence-electron chi connectivity index (χ2n) is 6.71. The van der Waals surface area contributed by atoms with Crippen LogP contribution < -0.4 is 16.4 Å². The third kappa shape index (κ3) is 5.55. The van der Waals surface area contributed by atoms with Crippen molar-refractivity contribution in [1.29, 1.82) is 0 Å². The first-order valence-corrected chi connectivity index (χ1v) is 9.08. The summed E-state index contributed by atoms with van der Waals surface area (Å²) in [5, 5.41) is 14.2. The molecule has 0 spiro atoms. The van der Waals surface area contributed by atoms with Gasteiger partial charge in [-0.3, -0.25) is 9.78 Å². The van der Waals surface area contributed by atoms with Gasteiger partial charge in [0.25, 0.3) is 0 Å². The van der Waals surface area contributed by atoms with Gasteiger partial charge in [0.1, 0.15) is 6.04 Å². The van der Waals surface area contributed by atoms with Crippen LogP contribution in [-0.2, 0) is 11.2 Å². The SMILES string of the molecule is Cc1cc(-c2cc(N)cc(NC(=O)C(Cc3ccccc3)NC(=O)O)c2)ccn1. The van der Waals surface area contributed by atoms with Crippen LogP contribution in [0.15, 0.2) is 66.9 Å². The molecule has 0 aliphatic rings. The molecule has 0 aliphatic heterocycles. The molecule has 7 nitrogen and oxygen atoms in total. The number of carboxylic acid groups (broad SMARTS) is 1. The number of nitrogens with two attached hydrogens (primary N) is 1. The van der Waals surface area contributed by atoms with Gasteiger partial charge in [-0.1, -0.05) is 30.3 Å². The maximum absolute atomic E-state index is 12.8. The number of nitrogen functional groups attached to an aromatic ring is 1. The molecule has 2 aromatic carbocycles. The molecule has 29 heavy (non-hydrogen) atoms. The molecule has 0 fully saturated rings. The minimum atomic E-state index is -1.26. The average molecular weight is 390 g/mol. The predicted molar refractivity (Wildman–Crippen MR) is 113 cm³/mol. The van der Waals surface area contributed by atoms with E-state index in [2.05, 4.69) is 15.6 Å². The molecular formula is C22H22N4O3. The van der Waals surface area contributed by atoms with Crippen molar-refractivity contribution in [3.05, 3.63) is 78.1 Å². The quantitative estimate of drug-likeness (QED) is 0.481. The molecule has 148 valence electrons. The minimum Gasteiger partial charge on any atom is -0.465 e. The van der Waals surface area contributed by atoms with Gasteiger partial charge in [-0.05, 0) is 53.9 Å². The lowest BCUT2D eigenvalue weighted by Crippen LogP contribution is -2.44. The summed E-state index contributed by atoms with van der Waals surface area (Å²) in [7, 11) is 0. The van der Waals surface area contributed by atoms with E-state index in [-0.39, 0.29) is 6.42 Å². The highest BCUT2D eigenvalue weighted by molar-refractivity contribution is 5.97. The van der Waals surface area contributed by atoms with Crippen molar-refractivity contribution in [2.45, 2.75) is 19.4 Å². The van der Waals surface area contributed by atoms with Crippen molar-refractivity contribution >= 4 is 23.4 Å². The topological polar surface area (TPSA) is 117 Å². The smallest absolute Gasteiger partial charge is 0.405 e. The number of carbonyl (C=O) groups is 2. The molecular weight excluding hydrogens is 368 g/mol. The molecule has 0 saturated heterocycles. The number of rotatable bonds is 6. The van der Waals surface area contributed by atoms with Gasteiger partial charge < -0.3 is 21.5 Å². The number of aromatic nitrogens is 1. The highest BCUT2D eigenvalue weighted by Gasteiger charge is 2.21. The lowest BCUT2D eigenvalue weighted by molar-refractivity contribution is -0.118. The number of benzene rings is 2. The summed E-state index contributed by atoms with van der Waals surface area (Å²) in [6.45, 7) is 1.89. The molecule has 3 rings (SSSR count). The van der Waals surface area contributed by atoms with Crippen molar-refractivity contribution < 1.29 is 14.7 Å².